The van der Waals surface area contributed by atoms with Crippen LogP contribution in [0.5, 0.6) is 0 Å². The van der Waals surface area contributed by atoms with E-state index in [0.717, 1.165) is 30.8 Å². The number of aromatic nitrogens is 3. The number of rotatable bonds is 4. The molecule has 1 aromatic heterocycles. The van der Waals surface area contributed by atoms with Crippen LogP contribution in [-0.4, -0.2) is 27.7 Å². The van der Waals surface area contributed by atoms with Crippen molar-refractivity contribution < 1.29 is 4.74 Å². The van der Waals surface area contributed by atoms with Gasteiger partial charge in [-0.3, -0.25) is 5.10 Å². The summed E-state index contributed by atoms with van der Waals surface area (Å²) in [6.45, 7) is 0.759. The van der Waals surface area contributed by atoms with Crippen molar-refractivity contribution in [3.8, 4) is 11.1 Å². The quantitative estimate of drug-likeness (QED) is 0.562. The molecular weight excluding hydrogens is 332 g/mol. The van der Waals surface area contributed by atoms with Gasteiger partial charge in [0.25, 0.3) is 0 Å². The maximum absolute atomic E-state index is 5.69. The van der Waals surface area contributed by atoms with E-state index in [-0.39, 0.29) is 6.10 Å². The van der Waals surface area contributed by atoms with Crippen LogP contribution in [0.15, 0.2) is 59.7 Å². The summed E-state index contributed by atoms with van der Waals surface area (Å²) < 4.78 is 7.81. The lowest BCUT2D eigenvalue weighted by atomic mass is 10.0. The van der Waals surface area contributed by atoms with E-state index < -0.39 is 0 Å². The zero-order valence-corrected chi connectivity index (χ0v) is 14.4. The van der Waals surface area contributed by atoms with Gasteiger partial charge in [0, 0.05) is 6.61 Å². The van der Waals surface area contributed by atoms with Gasteiger partial charge in [0.1, 0.15) is 6.10 Å². The molecule has 4 rings (SSSR count). The second kappa shape index (κ2) is 7.13. The smallest absolute Gasteiger partial charge is 0.216 e. The summed E-state index contributed by atoms with van der Waals surface area (Å²) >= 11 is 5.28. The van der Waals surface area contributed by atoms with Crippen LogP contribution in [0.25, 0.3) is 11.1 Å². The normalized spacial score (nSPS) is 17.4. The standard InChI is InChI=1S/C19H18N4OS/c25-19-22-21-18(17-7-4-12-24-17)23(19)20-13-14-8-10-16(11-9-14)15-5-2-1-3-6-15/h1-3,5-6,8-11,13,17H,4,7,12H2,(H,22,25)/b20-13-/t17-/m0/s1. The predicted octanol–water partition coefficient (Wildman–Crippen LogP) is 4.34. The average molecular weight is 350 g/mol. The highest BCUT2D eigenvalue weighted by molar-refractivity contribution is 7.71. The van der Waals surface area contributed by atoms with Crippen LogP contribution in [-0.2, 0) is 4.74 Å². The first-order chi connectivity index (χ1) is 12.3. The minimum Gasteiger partial charge on any atom is -0.370 e. The largest absolute Gasteiger partial charge is 0.370 e. The summed E-state index contributed by atoms with van der Waals surface area (Å²) in [6, 6.07) is 18.6. The number of benzene rings is 2. The fourth-order valence-corrected chi connectivity index (χ4v) is 3.11. The number of hydrogen-bond donors (Lipinski definition) is 1. The minimum atomic E-state index is -0.0365. The molecule has 3 aromatic rings. The molecule has 2 aromatic carbocycles. The molecule has 6 heteroatoms. The van der Waals surface area contributed by atoms with Crippen molar-refractivity contribution in [3.05, 3.63) is 70.8 Å². The highest BCUT2D eigenvalue weighted by atomic mass is 32.1. The molecule has 1 saturated heterocycles. The number of H-pyrrole nitrogens is 1. The van der Waals surface area contributed by atoms with Crippen molar-refractivity contribution in [2.45, 2.75) is 18.9 Å². The zero-order valence-electron chi connectivity index (χ0n) is 13.6. The third-order valence-corrected chi connectivity index (χ3v) is 4.50. The van der Waals surface area contributed by atoms with Crippen LogP contribution >= 0.6 is 12.2 Å². The molecule has 0 unspecified atom stereocenters. The molecule has 5 nitrogen and oxygen atoms in total. The van der Waals surface area contributed by atoms with Crippen molar-refractivity contribution in [1.82, 2.24) is 14.9 Å². The third-order valence-electron chi connectivity index (χ3n) is 4.23. The van der Waals surface area contributed by atoms with E-state index in [1.165, 1.54) is 11.1 Å². The molecule has 0 saturated carbocycles. The molecule has 1 fully saturated rings. The molecular formula is C19H18N4OS. The minimum absolute atomic E-state index is 0.0365. The van der Waals surface area contributed by atoms with Gasteiger partial charge in [-0.05, 0) is 41.7 Å². The van der Waals surface area contributed by atoms with Gasteiger partial charge in [-0.1, -0.05) is 54.6 Å². The molecule has 126 valence electrons. The maximum atomic E-state index is 5.69. The van der Waals surface area contributed by atoms with Gasteiger partial charge in [-0.2, -0.15) is 14.9 Å². The number of hydrogen-bond acceptors (Lipinski definition) is 4. The van der Waals surface area contributed by atoms with Crippen LogP contribution in [0.4, 0.5) is 0 Å². The first-order valence-corrected chi connectivity index (χ1v) is 8.71. The van der Waals surface area contributed by atoms with Crippen LogP contribution in [0.2, 0.25) is 0 Å². The summed E-state index contributed by atoms with van der Waals surface area (Å²) in [5, 5.41) is 11.6. The Morgan fingerprint density at radius 2 is 1.88 bits per heavy atom. The monoisotopic (exact) mass is 350 g/mol. The Morgan fingerprint density at radius 3 is 2.60 bits per heavy atom. The first kappa shape index (κ1) is 15.9. The summed E-state index contributed by atoms with van der Waals surface area (Å²) in [5.74, 6) is 0.736. The van der Waals surface area contributed by atoms with E-state index in [2.05, 4.69) is 39.6 Å². The Morgan fingerprint density at radius 1 is 1.12 bits per heavy atom. The molecule has 0 amide bonds. The molecule has 1 aliphatic rings. The highest BCUT2D eigenvalue weighted by Gasteiger charge is 2.23. The lowest BCUT2D eigenvalue weighted by molar-refractivity contribution is 0.102. The van der Waals surface area contributed by atoms with E-state index in [9.17, 15) is 0 Å². The molecule has 0 bridgehead atoms. The summed E-state index contributed by atoms with van der Waals surface area (Å²) in [6.07, 6.45) is 3.74. The Kier molecular flexibility index (Phi) is 4.54. The molecule has 0 radical (unpaired) electrons. The Hall–Kier alpha value is -2.57. The third kappa shape index (κ3) is 3.45. The van der Waals surface area contributed by atoms with Crippen LogP contribution < -0.4 is 0 Å². The number of ether oxygens (including phenoxy) is 1. The van der Waals surface area contributed by atoms with E-state index in [1.807, 2.05) is 30.3 Å². The van der Waals surface area contributed by atoms with E-state index in [4.69, 9.17) is 17.0 Å². The Bertz CT molecular complexity index is 922. The number of aromatic amines is 1. The van der Waals surface area contributed by atoms with Gasteiger partial charge in [0.05, 0.1) is 6.21 Å². The predicted molar refractivity (Wildman–Crippen MR) is 100 cm³/mol. The molecule has 0 aliphatic carbocycles. The van der Waals surface area contributed by atoms with Gasteiger partial charge in [-0.25, -0.2) is 0 Å². The van der Waals surface area contributed by atoms with Crippen molar-refractivity contribution in [1.29, 1.82) is 0 Å². The molecule has 1 aliphatic heterocycles. The topological polar surface area (TPSA) is 55.2 Å². The van der Waals surface area contributed by atoms with E-state index in [0.29, 0.717) is 4.77 Å². The zero-order chi connectivity index (χ0) is 17.1. The fourth-order valence-electron chi connectivity index (χ4n) is 2.92. The van der Waals surface area contributed by atoms with Gasteiger partial charge in [-0.15, -0.1) is 0 Å². The molecule has 0 spiro atoms. The van der Waals surface area contributed by atoms with E-state index in [1.54, 1.807) is 10.9 Å². The average Bonchev–Trinajstić information content (AvgIpc) is 3.31. The Balaban J connectivity index is 1.56. The second-order valence-corrected chi connectivity index (χ2v) is 6.32. The lowest BCUT2D eigenvalue weighted by Gasteiger charge is -2.07. The van der Waals surface area contributed by atoms with Gasteiger partial charge < -0.3 is 4.74 Å². The number of nitrogens with zero attached hydrogens (tertiary/aromatic N) is 3. The maximum Gasteiger partial charge on any atom is 0.216 e. The van der Waals surface area contributed by atoms with E-state index >= 15 is 0 Å². The van der Waals surface area contributed by atoms with Crippen LogP contribution in [0.3, 0.4) is 0 Å². The fraction of sp³-hybridized carbons (Fsp3) is 0.211. The van der Waals surface area contributed by atoms with Crippen LogP contribution in [0, 0.1) is 4.77 Å². The number of nitrogens with one attached hydrogen (secondary N) is 1. The van der Waals surface area contributed by atoms with Crippen molar-refractivity contribution in [2.24, 2.45) is 5.10 Å². The van der Waals surface area contributed by atoms with Crippen molar-refractivity contribution >= 4 is 18.4 Å². The SMILES string of the molecule is S=c1[nH]nc([C@@H]2CCCO2)n1/N=C\c1ccc(-c2ccccc2)cc1. The van der Waals surface area contributed by atoms with Gasteiger partial charge >= 0.3 is 0 Å². The Labute approximate surface area is 151 Å². The molecule has 1 atom stereocenters. The van der Waals surface area contributed by atoms with Gasteiger partial charge in [0.2, 0.25) is 4.77 Å². The summed E-state index contributed by atoms with van der Waals surface area (Å²) in [5.41, 5.74) is 3.38. The summed E-state index contributed by atoms with van der Waals surface area (Å²) in [4.78, 5) is 0. The molecule has 1 N–H and O–H groups in total. The van der Waals surface area contributed by atoms with Crippen molar-refractivity contribution in [3.63, 3.8) is 0 Å². The first-order valence-electron chi connectivity index (χ1n) is 8.30. The lowest BCUT2D eigenvalue weighted by Crippen LogP contribution is -2.05. The van der Waals surface area contributed by atoms with Gasteiger partial charge in [0.15, 0.2) is 5.82 Å². The highest BCUT2D eigenvalue weighted by Crippen LogP contribution is 2.27. The second-order valence-electron chi connectivity index (χ2n) is 5.93. The summed E-state index contributed by atoms with van der Waals surface area (Å²) in [7, 11) is 0. The molecule has 25 heavy (non-hydrogen) atoms. The van der Waals surface area contributed by atoms with Crippen LogP contribution in [0.1, 0.15) is 30.3 Å². The van der Waals surface area contributed by atoms with Crippen molar-refractivity contribution in [2.75, 3.05) is 6.61 Å². The molecule has 2 heterocycles.